The van der Waals surface area contributed by atoms with Gasteiger partial charge >= 0.3 is 0 Å². The Morgan fingerprint density at radius 1 is 1.28 bits per heavy atom. The minimum atomic E-state index is -0.0385. The molecule has 1 saturated heterocycles. The Bertz CT molecular complexity index is 851. The molecule has 1 N–H and O–H groups in total. The number of likely N-dealkylation sites (N-methyl/N-ethyl adjacent to an activating group) is 1. The molecule has 2 aliphatic rings. The van der Waals surface area contributed by atoms with E-state index in [0.717, 1.165) is 23.9 Å². The number of ether oxygens (including phenoxy) is 1. The number of benzene rings is 1. The number of carbonyl (C=O) groups is 1. The summed E-state index contributed by atoms with van der Waals surface area (Å²) < 4.78 is 7.75. The van der Waals surface area contributed by atoms with Crippen molar-refractivity contribution in [3.8, 4) is 0 Å². The van der Waals surface area contributed by atoms with Gasteiger partial charge < -0.3 is 19.5 Å². The van der Waals surface area contributed by atoms with E-state index in [-0.39, 0.29) is 11.9 Å². The van der Waals surface area contributed by atoms with Gasteiger partial charge in [0.2, 0.25) is 0 Å². The van der Waals surface area contributed by atoms with Crippen molar-refractivity contribution in [1.29, 1.82) is 0 Å². The Morgan fingerprint density at radius 2 is 2.07 bits per heavy atom. The lowest BCUT2D eigenvalue weighted by atomic mass is 9.83. The van der Waals surface area contributed by atoms with Crippen LogP contribution in [0.2, 0.25) is 5.02 Å². The van der Waals surface area contributed by atoms with E-state index in [0.29, 0.717) is 35.7 Å². The zero-order valence-electron chi connectivity index (χ0n) is 17.5. The first-order valence-corrected chi connectivity index (χ1v) is 11.3. The molecule has 0 radical (unpaired) electrons. The third kappa shape index (κ3) is 4.32. The van der Waals surface area contributed by atoms with Crippen molar-refractivity contribution in [3.05, 3.63) is 35.0 Å². The molecule has 2 heterocycles. The molecule has 1 aliphatic carbocycles. The molecular formula is C23H32ClN3O2. The highest BCUT2D eigenvalue weighted by molar-refractivity contribution is 6.36. The number of amides is 1. The summed E-state index contributed by atoms with van der Waals surface area (Å²) in [6.45, 7) is 2.11. The molecule has 2 aromatic rings. The third-order valence-corrected chi connectivity index (χ3v) is 6.99. The first-order valence-electron chi connectivity index (χ1n) is 10.9. The van der Waals surface area contributed by atoms with E-state index in [1.165, 1.54) is 32.1 Å². The van der Waals surface area contributed by atoms with Crippen molar-refractivity contribution >= 4 is 28.4 Å². The molecule has 6 heteroatoms. The Morgan fingerprint density at radius 3 is 2.76 bits per heavy atom. The summed E-state index contributed by atoms with van der Waals surface area (Å²) in [5.41, 5.74) is 1.67. The van der Waals surface area contributed by atoms with Gasteiger partial charge in [-0.1, -0.05) is 36.9 Å². The summed E-state index contributed by atoms with van der Waals surface area (Å²) in [4.78, 5) is 15.5. The van der Waals surface area contributed by atoms with Crippen LogP contribution in [-0.2, 0) is 4.74 Å². The molecule has 4 rings (SSSR count). The average Bonchev–Trinajstić information content (AvgIpc) is 3.37. The summed E-state index contributed by atoms with van der Waals surface area (Å²) in [5.74, 6) is 0.614. The minimum Gasteiger partial charge on any atom is -0.379 e. The first kappa shape index (κ1) is 20.7. The molecule has 1 aromatic heterocycles. The topological polar surface area (TPSA) is 46.5 Å². The Balaban J connectivity index is 1.56. The smallest absolute Gasteiger partial charge is 0.253 e. The highest BCUT2D eigenvalue weighted by atomic mass is 35.5. The Labute approximate surface area is 178 Å². The van der Waals surface area contributed by atoms with Crippen LogP contribution in [0.1, 0.15) is 54.9 Å². The van der Waals surface area contributed by atoms with Crippen LogP contribution in [0.25, 0.3) is 10.9 Å². The zero-order chi connectivity index (χ0) is 20.4. The molecule has 29 heavy (non-hydrogen) atoms. The maximum atomic E-state index is 13.2. The van der Waals surface area contributed by atoms with Crippen molar-refractivity contribution in [2.24, 2.45) is 5.92 Å². The van der Waals surface area contributed by atoms with Crippen LogP contribution in [-0.4, -0.2) is 55.3 Å². The van der Waals surface area contributed by atoms with Gasteiger partial charge in [-0.2, -0.15) is 0 Å². The molecule has 0 bridgehead atoms. The summed E-state index contributed by atoms with van der Waals surface area (Å²) in [6, 6.07) is 6.48. The predicted octanol–water partition coefficient (Wildman–Crippen LogP) is 4.50. The molecule has 1 aliphatic heterocycles. The largest absolute Gasteiger partial charge is 0.379 e. The van der Waals surface area contributed by atoms with E-state index in [9.17, 15) is 4.79 Å². The van der Waals surface area contributed by atoms with Crippen molar-refractivity contribution in [2.75, 3.05) is 33.9 Å². The molecule has 158 valence electrons. The summed E-state index contributed by atoms with van der Waals surface area (Å²) in [7, 11) is 4.24. The molecule has 2 fully saturated rings. The van der Waals surface area contributed by atoms with Gasteiger partial charge in [-0.15, -0.1) is 0 Å². The van der Waals surface area contributed by atoms with Gasteiger partial charge in [0.05, 0.1) is 28.8 Å². The van der Waals surface area contributed by atoms with Crippen LogP contribution in [0.15, 0.2) is 24.4 Å². The maximum absolute atomic E-state index is 13.2. The van der Waals surface area contributed by atoms with Gasteiger partial charge in [-0.3, -0.25) is 4.79 Å². The summed E-state index contributed by atoms with van der Waals surface area (Å²) in [5, 5.41) is 4.69. The first-order chi connectivity index (χ1) is 14.1. The van der Waals surface area contributed by atoms with Crippen LogP contribution < -0.4 is 5.32 Å². The van der Waals surface area contributed by atoms with Crippen LogP contribution in [0.5, 0.6) is 0 Å². The van der Waals surface area contributed by atoms with Gasteiger partial charge in [-0.25, -0.2) is 0 Å². The standard InChI is InChI=1S/C23H32ClN3O2/c1-26(2)21(16-7-4-3-5-8-16)13-25-23(28)18-14-27(17-11-12-29-15-17)20-10-6-9-19(24)22(18)20/h6,9-10,14,16-17,21H,3-5,7-8,11-13,15H2,1-2H3,(H,25,28). The van der Waals surface area contributed by atoms with Gasteiger partial charge in [0.1, 0.15) is 0 Å². The number of hydrogen-bond donors (Lipinski definition) is 1. The van der Waals surface area contributed by atoms with E-state index in [4.69, 9.17) is 16.3 Å². The fourth-order valence-electron chi connectivity index (χ4n) is 5.07. The Hall–Kier alpha value is -1.56. The second kappa shape index (κ2) is 9.07. The SMILES string of the molecule is CN(C)C(CNC(=O)c1cn(C2CCOC2)c2cccc(Cl)c12)C1CCCCC1. The molecule has 2 atom stereocenters. The van der Waals surface area contributed by atoms with Crippen molar-refractivity contribution in [2.45, 2.75) is 50.6 Å². The predicted molar refractivity (Wildman–Crippen MR) is 118 cm³/mol. The molecule has 1 aromatic carbocycles. The molecule has 5 nitrogen and oxygen atoms in total. The van der Waals surface area contributed by atoms with Crippen molar-refractivity contribution < 1.29 is 9.53 Å². The van der Waals surface area contributed by atoms with Gasteiger partial charge in [0, 0.05) is 30.8 Å². The molecule has 1 saturated carbocycles. The third-order valence-electron chi connectivity index (χ3n) is 6.68. The fourth-order valence-corrected chi connectivity index (χ4v) is 5.34. The van der Waals surface area contributed by atoms with Crippen LogP contribution >= 0.6 is 11.6 Å². The highest BCUT2D eigenvalue weighted by Crippen LogP contribution is 2.33. The second-order valence-corrected chi connectivity index (χ2v) is 9.15. The van der Waals surface area contributed by atoms with Gasteiger partial charge in [0.25, 0.3) is 5.91 Å². The molecule has 2 unspecified atom stereocenters. The van der Waals surface area contributed by atoms with Crippen LogP contribution in [0, 0.1) is 5.92 Å². The average molecular weight is 418 g/mol. The lowest BCUT2D eigenvalue weighted by Gasteiger charge is -2.35. The fraction of sp³-hybridized carbons (Fsp3) is 0.609. The number of aromatic nitrogens is 1. The maximum Gasteiger partial charge on any atom is 0.253 e. The normalized spacial score (nSPS) is 21.7. The quantitative estimate of drug-likeness (QED) is 0.752. The monoisotopic (exact) mass is 417 g/mol. The van der Waals surface area contributed by atoms with Crippen molar-refractivity contribution in [3.63, 3.8) is 0 Å². The van der Waals surface area contributed by atoms with Gasteiger partial charge in [-0.05, 0) is 51.4 Å². The van der Waals surface area contributed by atoms with E-state index in [1.54, 1.807) is 0 Å². The summed E-state index contributed by atoms with van der Waals surface area (Å²) in [6.07, 6.45) is 9.38. The lowest BCUT2D eigenvalue weighted by molar-refractivity contribution is 0.0923. The number of nitrogens with one attached hydrogen (secondary N) is 1. The van der Waals surface area contributed by atoms with Crippen LogP contribution in [0.3, 0.4) is 0 Å². The number of carbonyl (C=O) groups excluding carboxylic acids is 1. The molecule has 1 amide bonds. The lowest BCUT2D eigenvalue weighted by Crippen LogP contribution is -2.45. The number of hydrogen-bond acceptors (Lipinski definition) is 3. The van der Waals surface area contributed by atoms with E-state index < -0.39 is 0 Å². The highest BCUT2D eigenvalue weighted by Gasteiger charge is 2.27. The summed E-state index contributed by atoms with van der Waals surface area (Å²) >= 11 is 6.53. The van der Waals surface area contributed by atoms with Crippen LogP contribution in [0.4, 0.5) is 0 Å². The zero-order valence-corrected chi connectivity index (χ0v) is 18.3. The van der Waals surface area contributed by atoms with E-state index in [2.05, 4.69) is 28.9 Å². The number of halogens is 1. The number of fused-ring (bicyclic) bond motifs is 1. The molecular weight excluding hydrogens is 386 g/mol. The van der Waals surface area contributed by atoms with Crippen molar-refractivity contribution in [1.82, 2.24) is 14.8 Å². The second-order valence-electron chi connectivity index (χ2n) is 8.74. The number of rotatable bonds is 6. The Kier molecular flexibility index (Phi) is 6.47. The molecule has 0 spiro atoms. The van der Waals surface area contributed by atoms with E-state index in [1.807, 2.05) is 24.4 Å². The minimum absolute atomic E-state index is 0.0385. The van der Waals surface area contributed by atoms with E-state index >= 15 is 0 Å². The number of nitrogens with zero attached hydrogens (tertiary/aromatic N) is 2. The van der Waals surface area contributed by atoms with Gasteiger partial charge in [0.15, 0.2) is 0 Å².